The number of aliphatic hydroxyl groups excluding tert-OH is 3. The normalized spacial score (nSPS) is 15.2. The molecule has 86 valence electrons. The van der Waals surface area contributed by atoms with Crippen molar-refractivity contribution in [3.8, 4) is 0 Å². The van der Waals surface area contributed by atoms with Crippen LogP contribution in [0.15, 0.2) is 24.4 Å². The highest BCUT2D eigenvalue weighted by Gasteiger charge is 2.20. The van der Waals surface area contributed by atoms with Gasteiger partial charge >= 0.3 is 0 Å². The predicted octanol–water partition coefficient (Wildman–Crippen LogP) is 1.21. The zero-order valence-electron chi connectivity index (χ0n) is 8.39. The highest BCUT2D eigenvalue weighted by molar-refractivity contribution is 6.31. The van der Waals surface area contributed by atoms with Gasteiger partial charge in [-0.2, -0.15) is 0 Å². The molecule has 0 saturated carbocycles. The van der Waals surface area contributed by atoms with E-state index in [1.165, 1.54) is 0 Å². The molecular formula is C11H12ClNO3. The maximum atomic E-state index is 9.78. The van der Waals surface area contributed by atoms with Gasteiger partial charge in [0.15, 0.2) is 0 Å². The van der Waals surface area contributed by atoms with Gasteiger partial charge in [-0.25, -0.2) is 0 Å². The molecule has 5 heteroatoms. The number of nitrogens with one attached hydrogen (secondary N) is 1. The van der Waals surface area contributed by atoms with Gasteiger partial charge in [-0.1, -0.05) is 17.7 Å². The lowest BCUT2D eigenvalue weighted by atomic mass is 10.0. The molecule has 2 rings (SSSR count). The topological polar surface area (TPSA) is 76.5 Å². The highest BCUT2D eigenvalue weighted by Crippen LogP contribution is 2.27. The minimum absolute atomic E-state index is 0.485. The number of hydrogen-bond donors (Lipinski definition) is 4. The van der Waals surface area contributed by atoms with Crippen LogP contribution in [-0.4, -0.2) is 33.0 Å². The van der Waals surface area contributed by atoms with Crippen LogP contribution in [0.2, 0.25) is 5.02 Å². The molecule has 0 saturated heterocycles. The second-order valence-electron chi connectivity index (χ2n) is 3.63. The molecule has 0 aliphatic heterocycles. The number of hydrogen-bond acceptors (Lipinski definition) is 3. The Hall–Kier alpha value is -1.07. The molecule has 1 aromatic heterocycles. The van der Waals surface area contributed by atoms with Crippen molar-refractivity contribution in [1.82, 2.24) is 4.98 Å². The van der Waals surface area contributed by atoms with E-state index in [4.69, 9.17) is 16.7 Å². The SMILES string of the molecule is OCC(O)C(O)c1c[nH]c2cc(Cl)ccc12. The van der Waals surface area contributed by atoms with E-state index < -0.39 is 18.8 Å². The van der Waals surface area contributed by atoms with Gasteiger partial charge in [-0.15, -0.1) is 0 Å². The maximum absolute atomic E-state index is 9.78. The van der Waals surface area contributed by atoms with Crippen molar-refractivity contribution in [2.24, 2.45) is 0 Å². The van der Waals surface area contributed by atoms with Crippen molar-refractivity contribution in [2.45, 2.75) is 12.2 Å². The van der Waals surface area contributed by atoms with E-state index in [0.29, 0.717) is 10.6 Å². The molecule has 4 N–H and O–H groups in total. The van der Waals surface area contributed by atoms with Crippen molar-refractivity contribution < 1.29 is 15.3 Å². The summed E-state index contributed by atoms with van der Waals surface area (Å²) in [6.07, 6.45) is -0.695. The molecule has 2 unspecified atom stereocenters. The number of aromatic nitrogens is 1. The van der Waals surface area contributed by atoms with Crippen LogP contribution >= 0.6 is 11.6 Å². The van der Waals surface area contributed by atoms with Gasteiger partial charge in [-0.3, -0.25) is 0 Å². The fourth-order valence-corrected chi connectivity index (χ4v) is 1.84. The third kappa shape index (κ3) is 1.92. The number of fused-ring (bicyclic) bond motifs is 1. The molecular weight excluding hydrogens is 230 g/mol. The molecule has 2 atom stereocenters. The van der Waals surface area contributed by atoms with Crippen LogP contribution in [0.3, 0.4) is 0 Å². The van der Waals surface area contributed by atoms with Gasteiger partial charge in [-0.05, 0) is 12.1 Å². The molecule has 1 heterocycles. The minimum Gasteiger partial charge on any atom is -0.394 e. The molecule has 2 aromatic rings. The van der Waals surface area contributed by atoms with Crippen molar-refractivity contribution >= 4 is 22.5 Å². The third-order valence-corrected chi connectivity index (χ3v) is 2.78. The molecule has 0 radical (unpaired) electrons. The number of benzene rings is 1. The summed E-state index contributed by atoms with van der Waals surface area (Å²) in [6.45, 7) is -0.485. The van der Waals surface area contributed by atoms with E-state index in [1.54, 1.807) is 24.4 Å². The molecule has 0 fully saturated rings. The van der Waals surface area contributed by atoms with Gasteiger partial charge in [0, 0.05) is 27.7 Å². The summed E-state index contributed by atoms with van der Waals surface area (Å²) in [5.74, 6) is 0. The van der Waals surface area contributed by atoms with E-state index in [2.05, 4.69) is 4.98 Å². The molecule has 0 spiro atoms. The quantitative estimate of drug-likeness (QED) is 0.652. The summed E-state index contributed by atoms with van der Waals surface area (Å²) in [7, 11) is 0. The summed E-state index contributed by atoms with van der Waals surface area (Å²) in [4.78, 5) is 2.95. The molecule has 0 aliphatic rings. The minimum atomic E-state index is -1.19. The Kier molecular flexibility index (Phi) is 3.16. The Morgan fingerprint density at radius 2 is 2.06 bits per heavy atom. The predicted molar refractivity (Wildman–Crippen MR) is 61.4 cm³/mol. The Morgan fingerprint density at radius 3 is 2.75 bits per heavy atom. The fourth-order valence-electron chi connectivity index (χ4n) is 1.67. The molecule has 4 nitrogen and oxygen atoms in total. The van der Waals surface area contributed by atoms with Gasteiger partial charge in [0.1, 0.15) is 12.2 Å². The second kappa shape index (κ2) is 4.43. The van der Waals surface area contributed by atoms with E-state index in [9.17, 15) is 10.2 Å². The first kappa shape index (κ1) is 11.4. The number of aliphatic hydroxyl groups is 3. The first-order valence-electron chi connectivity index (χ1n) is 4.87. The standard InChI is InChI=1S/C11H12ClNO3/c12-6-1-2-7-8(4-13-9(7)3-6)11(16)10(15)5-14/h1-4,10-11,13-16H,5H2. The van der Waals surface area contributed by atoms with E-state index in [1.807, 2.05) is 0 Å². The zero-order chi connectivity index (χ0) is 11.7. The van der Waals surface area contributed by atoms with Crippen molar-refractivity contribution in [3.05, 3.63) is 35.0 Å². The van der Waals surface area contributed by atoms with Crippen molar-refractivity contribution in [1.29, 1.82) is 0 Å². The van der Waals surface area contributed by atoms with E-state index >= 15 is 0 Å². The summed E-state index contributed by atoms with van der Waals surface area (Å²) >= 11 is 5.83. The van der Waals surface area contributed by atoms with Crippen LogP contribution in [0.1, 0.15) is 11.7 Å². The molecule has 1 aromatic carbocycles. The monoisotopic (exact) mass is 241 g/mol. The Bertz CT molecular complexity index is 497. The van der Waals surface area contributed by atoms with E-state index in [-0.39, 0.29) is 0 Å². The maximum Gasteiger partial charge on any atom is 0.109 e. The molecule has 0 amide bonds. The average Bonchev–Trinajstić information content (AvgIpc) is 2.69. The van der Waals surface area contributed by atoms with Crippen LogP contribution in [-0.2, 0) is 0 Å². The van der Waals surface area contributed by atoms with Crippen LogP contribution < -0.4 is 0 Å². The van der Waals surface area contributed by atoms with Gasteiger partial charge in [0.2, 0.25) is 0 Å². The van der Waals surface area contributed by atoms with Crippen molar-refractivity contribution in [2.75, 3.05) is 6.61 Å². The second-order valence-corrected chi connectivity index (χ2v) is 4.07. The highest BCUT2D eigenvalue weighted by atomic mass is 35.5. The van der Waals surface area contributed by atoms with Crippen LogP contribution in [0.5, 0.6) is 0 Å². The Morgan fingerprint density at radius 1 is 1.31 bits per heavy atom. The largest absolute Gasteiger partial charge is 0.394 e. The van der Waals surface area contributed by atoms with Gasteiger partial charge in [0.05, 0.1) is 6.61 Å². The summed E-state index contributed by atoms with van der Waals surface area (Å²) in [6, 6.07) is 5.20. The lowest BCUT2D eigenvalue weighted by Crippen LogP contribution is -2.21. The smallest absolute Gasteiger partial charge is 0.109 e. The van der Waals surface area contributed by atoms with Gasteiger partial charge < -0.3 is 20.3 Å². The summed E-state index contributed by atoms with van der Waals surface area (Å²) < 4.78 is 0. The van der Waals surface area contributed by atoms with Gasteiger partial charge in [0.25, 0.3) is 0 Å². The number of halogens is 1. The van der Waals surface area contributed by atoms with E-state index in [0.717, 1.165) is 10.9 Å². The van der Waals surface area contributed by atoms with Crippen molar-refractivity contribution in [3.63, 3.8) is 0 Å². The zero-order valence-corrected chi connectivity index (χ0v) is 9.15. The summed E-state index contributed by atoms with van der Waals surface area (Å²) in [5, 5.41) is 29.3. The molecule has 16 heavy (non-hydrogen) atoms. The first-order valence-corrected chi connectivity index (χ1v) is 5.25. The molecule has 0 aliphatic carbocycles. The number of rotatable bonds is 3. The Balaban J connectivity index is 2.45. The van der Waals surface area contributed by atoms with Crippen LogP contribution in [0.25, 0.3) is 10.9 Å². The first-order chi connectivity index (χ1) is 7.63. The summed E-state index contributed by atoms with van der Waals surface area (Å²) in [5.41, 5.74) is 1.33. The Labute approximate surface area is 97.1 Å². The molecule has 0 bridgehead atoms. The third-order valence-electron chi connectivity index (χ3n) is 2.55. The lowest BCUT2D eigenvalue weighted by molar-refractivity contribution is -0.0145. The number of aromatic amines is 1. The van der Waals surface area contributed by atoms with Crippen LogP contribution in [0.4, 0.5) is 0 Å². The number of H-pyrrole nitrogens is 1. The fraction of sp³-hybridized carbons (Fsp3) is 0.273. The average molecular weight is 242 g/mol. The van der Waals surface area contributed by atoms with Crippen LogP contribution in [0, 0.1) is 0 Å². The lowest BCUT2D eigenvalue weighted by Gasteiger charge is -2.14.